The maximum absolute atomic E-state index is 2.85. The average molecular weight is 309 g/mol. The van der Waals surface area contributed by atoms with Crippen LogP contribution < -0.4 is 0 Å². The Morgan fingerprint density at radius 3 is 1.81 bits per heavy atom. The summed E-state index contributed by atoms with van der Waals surface area (Å²) in [5.74, 6) is 0.646. The normalized spacial score (nSPS) is 24.7. The van der Waals surface area contributed by atoms with E-state index >= 15 is 0 Å². The Labute approximate surface area is 135 Å². The highest BCUT2D eigenvalue weighted by molar-refractivity contribution is 6.09. The molecule has 2 saturated heterocycles. The molecule has 0 spiro atoms. The van der Waals surface area contributed by atoms with Crippen LogP contribution in [0.3, 0.4) is 0 Å². The Morgan fingerprint density at radius 2 is 1.43 bits per heavy atom. The van der Waals surface area contributed by atoms with Gasteiger partial charge in [0.2, 0.25) is 0 Å². The van der Waals surface area contributed by atoms with Crippen molar-refractivity contribution in [3.8, 4) is 0 Å². The minimum absolute atomic E-state index is 0.286. The van der Waals surface area contributed by atoms with Gasteiger partial charge in [0.05, 0.1) is 5.66 Å². The standard InChI is InChI=1S/C18H36N2Si/c1-3-18(17(2)11-10-16-21,19-12-6-4-7-13-19)20-14-8-5-9-15-20/h10-11,17H,3-9,12-16H2,1-2,21H3/b11-10+. The molecule has 0 bridgehead atoms. The predicted octanol–water partition coefficient (Wildman–Crippen LogP) is 3.04. The molecule has 0 amide bonds. The molecule has 2 rings (SSSR count). The first-order valence-electron chi connectivity index (χ1n) is 9.42. The van der Waals surface area contributed by atoms with E-state index in [0.29, 0.717) is 5.92 Å². The van der Waals surface area contributed by atoms with E-state index in [2.05, 4.69) is 35.8 Å². The molecule has 2 aliphatic heterocycles. The molecule has 2 heterocycles. The zero-order valence-corrected chi connectivity index (χ0v) is 16.6. The van der Waals surface area contributed by atoms with Crippen LogP contribution in [-0.4, -0.2) is 51.9 Å². The van der Waals surface area contributed by atoms with Crippen molar-refractivity contribution in [1.29, 1.82) is 0 Å². The number of piperidine rings is 2. The monoisotopic (exact) mass is 308 g/mol. The Balaban J connectivity index is 2.26. The third-order valence-corrected chi connectivity index (χ3v) is 6.19. The van der Waals surface area contributed by atoms with Crippen molar-refractivity contribution in [2.75, 3.05) is 26.2 Å². The molecule has 21 heavy (non-hydrogen) atoms. The number of hydrogen-bond acceptors (Lipinski definition) is 2. The minimum Gasteiger partial charge on any atom is -0.285 e. The van der Waals surface area contributed by atoms with E-state index in [1.807, 2.05) is 0 Å². The summed E-state index contributed by atoms with van der Waals surface area (Å²) >= 11 is 0. The number of likely N-dealkylation sites (tertiary alicyclic amines) is 2. The minimum atomic E-state index is 0.286. The van der Waals surface area contributed by atoms with Crippen LogP contribution in [0.15, 0.2) is 12.2 Å². The second-order valence-electron chi connectivity index (χ2n) is 6.95. The zero-order valence-electron chi connectivity index (χ0n) is 14.6. The Kier molecular flexibility index (Phi) is 6.97. The fourth-order valence-electron chi connectivity index (χ4n) is 4.60. The molecule has 0 aromatic carbocycles. The van der Waals surface area contributed by atoms with Gasteiger partial charge in [-0.3, -0.25) is 9.80 Å². The summed E-state index contributed by atoms with van der Waals surface area (Å²) in [5, 5.41) is 0. The lowest BCUT2D eigenvalue weighted by Crippen LogP contribution is -2.65. The van der Waals surface area contributed by atoms with Gasteiger partial charge in [0, 0.05) is 16.2 Å². The lowest BCUT2D eigenvalue weighted by molar-refractivity contribution is -0.104. The second-order valence-corrected chi connectivity index (χ2v) is 7.77. The first-order chi connectivity index (χ1) is 10.3. The van der Waals surface area contributed by atoms with Crippen LogP contribution in [0.1, 0.15) is 58.8 Å². The van der Waals surface area contributed by atoms with Crippen molar-refractivity contribution in [3.63, 3.8) is 0 Å². The highest BCUT2D eigenvalue weighted by Crippen LogP contribution is 2.37. The van der Waals surface area contributed by atoms with Crippen molar-refractivity contribution in [2.45, 2.75) is 70.5 Å². The molecule has 2 fully saturated rings. The van der Waals surface area contributed by atoms with E-state index in [4.69, 9.17) is 0 Å². The number of rotatable bonds is 6. The van der Waals surface area contributed by atoms with Crippen molar-refractivity contribution in [3.05, 3.63) is 12.2 Å². The van der Waals surface area contributed by atoms with Crippen LogP contribution in [0.5, 0.6) is 0 Å². The molecule has 0 aromatic heterocycles. The van der Waals surface area contributed by atoms with Crippen LogP contribution in [0.4, 0.5) is 0 Å². The molecule has 0 radical (unpaired) electrons. The predicted molar refractivity (Wildman–Crippen MR) is 96.9 cm³/mol. The van der Waals surface area contributed by atoms with Crippen molar-refractivity contribution < 1.29 is 0 Å². The molecule has 3 heteroatoms. The topological polar surface area (TPSA) is 6.48 Å². The Bertz CT molecular complexity index is 299. The van der Waals surface area contributed by atoms with Gasteiger partial charge in [-0.2, -0.15) is 0 Å². The van der Waals surface area contributed by atoms with E-state index in [9.17, 15) is 0 Å². The van der Waals surface area contributed by atoms with Gasteiger partial charge in [0.15, 0.2) is 0 Å². The van der Waals surface area contributed by atoms with Gasteiger partial charge in [0.25, 0.3) is 0 Å². The molecule has 1 unspecified atom stereocenters. The van der Waals surface area contributed by atoms with Gasteiger partial charge in [-0.1, -0.05) is 38.8 Å². The summed E-state index contributed by atoms with van der Waals surface area (Å²) in [6.45, 7) is 10.1. The molecule has 2 nitrogen and oxygen atoms in total. The van der Waals surface area contributed by atoms with Gasteiger partial charge in [0.1, 0.15) is 0 Å². The van der Waals surface area contributed by atoms with E-state index in [0.717, 1.165) is 0 Å². The van der Waals surface area contributed by atoms with Gasteiger partial charge in [-0.15, -0.1) is 0 Å². The fraction of sp³-hybridized carbons (Fsp3) is 0.889. The molecule has 0 aliphatic carbocycles. The lowest BCUT2D eigenvalue weighted by atomic mass is 9.84. The van der Waals surface area contributed by atoms with Crippen molar-refractivity contribution in [2.24, 2.45) is 5.92 Å². The molecule has 0 aromatic rings. The number of allylic oxidation sites excluding steroid dienone is 1. The van der Waals surface area contributed by atoms with Gasteiger partial charge in [-0.05, 0) is 64.3 Å². The van der Waals surface area contributed by atoms with E-state index in [1.54, 1.807) is 0 Å². The van der Waals surface area contributed by atoms with Crippen LogP contribution in [0, 0.1) is 5.92 Å². The first kappa shape index (κ1) is 17.2. The number of hydrogen-bond donors (Lipinski definition) is 0. The van der Waals surface area contributed by atoms with Crippen molar-refractivity contribution >= 4 is 10.2 Å². The molecule has 0 saturated carbocycles. The quantitative estimate of drug-likeness (QED) is 0.550. The molecular weight excluding hydrogens is 272 g/mol. The summed E-state index contributed by atoms with van der Waals surface area (Å²) in [6, 6.07) is 1.30. The highest BCUT2D eigenvalue weighted by Gasteiger charge is 2.44. The first-order valence-corrected chi connectivity index (χ1v) is 10.8. The summed E-state index contributed by atoms with van der Waals surface area (Å²) < 4.78 is 0. The Morgan fingerprint density at radius 1 is 0.952 bits per heavy atom. The van der Waals surface area contributed by atoms with Crippen LogP contribution >= 0.6 is 0 Å². The third kappa shape index (κ3) is 3.80. The van der Waals surface area contributed by atoms with Crippen LogP contribution in [-0.2, 0) is 0 Å². The smallest absolute Gasteiger partial charge is 0.0796 e. The fourth-order valence-corrected chi connectivity index (χ4v) is 4.87. The average Bonchev–Trinajstić information content (AvgIpc) is 2.56. The summed E-state index contributed by atoms with van der Waals surface area (Å²) in [7, 11) is 1.29. The van der Waals surface area contributed by atoms with Gasteiger partial charge < -0.3 is 0 Å². The molecular formula is C18H36N2Si. The highest BCUT2D eigenvalue weighted by atomic mass is 28.1. The molecule has 0 N–H and O–H groups in total. The summed E-state index contributed by atoms with van der Waals surface area (Å²) in [4.78, 5) is 5.70. The molecule has 122 valence electrons. The molecule has 2 aliphatic rings. The number of nitrogens with zero attached hydrogens (tertiary/aromatic N) is 2. The maximum Gasteiger partial charge on any atom is 0.0796 e. The largest absolute Gasteiger partial charge is 0.285 e. The van der Waals surface area contributed by atoms with Gasteiger partial charge in [-0.25, -0.2) is 0 Å². The van der Waals surface area contributed by atoms with Crippen LogP contribution in [0.2, 0.25) is 6.04 Å². The molecule has 1 atom stereocenters. The zero-order chi connectivity index (χ0) is 15.1. The van der Waals surface area contributed by atoms with E-state index < -0.39 is 0 Å². The summed E-state index contributed by atoms with van der Waals surface area (Å²) in [6.07, 6.45) is 14.7. The maximum atomic E-state index is 2.85. The SMILES string of the molecule is CCC(C(C)/C=C/C[SiH3])(N1CCCCC1)N1CCCCC1. The lowest BCUT2D eigenvalue weighted by Gasteiger charge is -2.56. The van der Waals surface area contributed by atoms with Gasteiger partial charge >= 0.3 is 0 Å². The Hall–Kier alpha value is -0.123. The summed E-state index contributed by atoms with van der Waals surface area (Å²) in [5.41, 5.74) is 0.286. The van der Waals surface area contributed by atoms with Crippen LogP contribution in [0.25, 0.3) is 0 Å². The third-order valence-electron chi connectivity index (χ3n) is 5.72. The second kappa shape index (κ2) is 8.49. The van der Waals surface area contributed by atoms with E-state index in [1.165, 1.54) is 87.4 Å². The van der Waals surface area contributed by atoms with Crippen molar-refractivity contribution in [1.82, 2.24) is 9.80 Å². The van der Waals surface area contributed by atoms with E-state index in [-0.39, 0.29) is 5.66 Å².